The van der Waals surface area contributed by atoms with Gasteiger partial charge >= 0.3 is 0 Å². The van der Waals surface area contributed by atoms with Crippen molar-refractivity contribution in [3.63, 3.8) is 0 Å². The van der Waals surface area contributed by atoms with E-state index in [1.54, 1.807) is 19.0 Å². The fraction of sp³-hybridized carbons (Fsp3) is 0.762. The van der Waals surface area contributed by atoms with Crippen molar-refractivity contribution in [3.05, 3.63) is 15.6 Å². The van der Waals surface area contributed by atoms with E-state index in [0.29, 0.717) is 0 Å². The topological polar surface area (TPSA) is 69.6 Å². The van der Waals surface area contributed by atoms with Crippen LogP contribution >= 0.6 is 35.3 Å². The number of thiazole rings is 1. The average Bonchev–Trinajstić information content (AvgIpc) is 3.12. The van der Waals surface area contributed by atoms with Crippen LogP contribution in [0.3, 0.4) is 0 Å². The number of guanidine groups is 1. The Bertz CT molecular complexity index is 647. The van der Waals surface area contributed by atoms with Crippen molar-refractivity contribution in [1.29, 1.82) is 0 Å². The summed E-state index contributed by atoms with van der Waals surface area (Å²) in [6, 6.07) is 0. The van der Waals surface area contributed by atoms with Gasteiger partial charge in [-0.25, -0.2) is 9.98 Å². The van der Waals surface area contributed by atoms with E-state index >= 15 is 0 Å². The first-order valence-electron chi connectivity index (χ1n) is 10.8. The number of likely N-dealkylation sites (N-methyl/N-ethyl adjacent to an activating group) is 1. The maximum absolute atomic E-state index is 11.9. The van der Waals surface area contributed by atoms with Crippen molar-refractivity contribution in [2.45, 2.75) is 64.2 Å². The molecule has 1 aromatic rings. The van der Waals surface area contributed by atoms with E-state index < -0.39 is 0 Å². The smallest absolute Gasteiger partial charge is 0.243 e. The van der Waals surface area contributed by atoms with Gasteiger partial charge in [0.2, 0.25) is 5.91 Å². The van der Waals surface area contributed by atoms with E-state index in [4.69, 9.17) is 4.98 Å². The number of aryl methyl sites for hydroxylation is 2. The van der Waals surface area contributed by atoms with Crippen LogP contribution in [0.5, 0.6) is 0 Å². The molecule has 3 rings (SSSR count). The molecule has 0 atom stereocenters. The standard InChI is InChI=1S/C21H35N5OS.HI/c1-26(2)20(27)15-24-21(23-14-16-8-4-3-5-9-16)22-13-12-19-25-17-10-6-7-11-18(17)28-19;/h16H,3-15H2,1-2H3,(H2,22,23,24);1H. The van der Waals surface area contributed by atoms with Crippen LogP contribution in [0, 0.1) is 5.92 Å². The molecule has 0 aromatic carbocycles. The van der Waals surface area contributed by atoms with Gasteiger partial charge < -0.3 is 15.5 Å². The highest BCUT2D eigenvalue weighted by Gasteiger charge is 2.16. The zero-order chi connectivity index (χ0) is 19.8. The largest absolute Gasteiger partial charge is 0.356 e. The van der Waals surface area contributed by atoms with Crippen LogP contribution in [0.2, 0.25) is 0 Å². The summed E-state index contributed by atoms with van der Waals surface area (Å²) in [7, 11) is 3.54. The Labute approximate surface area is 196 Å². The van der Waals surface area contributed by atoms with Crippen LogP contribution in [0.15, 0.2) is 4.99 Å². The van der Waals surface area contributed by atoms with Gasteiger partial charge in [-0.15, -0.1) is 35.3 Å². The molecule has 1 heterocycles. The van der Waals surface area contributed by atoms with Crippen LogP contribution in [-0.4, -0.2) is 55.5 Å². The van der Waals surface area contributed by atoms with Crippen molar-refractivity contribution >= 4 is 47.2 Å². The predicted octanol–water partition coefficient (Wildman–Crippen LogP) is 3.39. The van der Waals surface area contributed by atoms with Gasteiger partial charge in [-0.3, -0.25) is 4.79 Å². The third-order valence-corrected chi connectivity index (χ3v) is 6.89. The fourth-order valence-electron chi connectivity index (χ4n) is 3.89. The normalized spacial score (nSPS) is 17.2. The first-order chi connectivity index (χ1) is 13.6. The summed E-state index contributed by atoms with van der Waals surface area (Å²) < 4.78 is 0. The molecule has 1 fully saturated rings. The Hall–Kier alpha value is -0.900. The number of fused-ring (bicyclic) bond motifs is 1. The SMILES string of the molecule is CN(C)C(=O)CN=C(NCCc1nc2c(s1)CCCC2)NCC1CCCCC1.I. The number of carbonyl (C=O) groups excluding carboxylic acids is 1. The lowest BCUT2D eigenvalue weighted by atomic mass is 9.89. The first-order valence-corrected chi connectivity index (χ1v) is 11.6. The lowest BCUT2D eigenvalue weighted by Crippen LogP contribution is -2.41. The number of aliphatic imine (C=N–C) groups is 1. The molecule has 0 unspecified atom stereocenters. The van der Waals surface area contributed by atoms with E-state index in [9.17, 15) is 4.79 Å². The van der Waals surface area contributed by atoms with Crippen molar-refractivity contribution in [3.8, 4) is 0 Å². The highest BCUT2D eigenvalue weighted by molar-refractivity contribution is 14.0. The molecule has 2 aliphatic rings. The molecule has 6 nitrogen and oxygen atoms in total. The second-order valence-corrected chi connectivity index (χ2v) is 9.37. The second-order valence-electron chi connectivity index (χ2n) is 8.20. The summed E-state index contributed by atoms with van der Waals surface area (Å²) in [6.07, 6.45) is 12.4. The number of hydrogen-bond donors (Lipinski definition) is 2. The van der Waals surface area contributed by atoms with Crippen molar-refractivity contribution in [2.75, 3.05) is 33.7 Å². The number of nitrogens with zero attached hydrogens (tertiary/aromatic N) is 3. The summed E-state index contributed by atoms with van der Waals surface area (Å²) in [6.45, 7) is 1.91. The van der Waals surface area contributed by atoms with Crippen molar-refractivity contribution in [2.24, 2.45) is 10.9 Å². The molecular formula is C21H36IN5OS. The van der Waals surface area contributed by atoms with Gasteiger partial charge in [0.15, 0.2) is 5.96 Å². The highest BCUT2D eigenvalue weighted by Crippen LogP contribution is 2.26. The monoisotopic (exact) mass is 533 g/mol. The summed E-state index contributed by atoms with van der Waals surface area (Å²) in [5.41, 5.74) is 1.33. The minimum absolute atomic E-state index is 0. The number of nitrogens with one attached hydrogen (secondary N) is 2. The highest BCUT2D eigenvalue weighted by atomic mass is 127. The molecule has 164 valence electrons. The number of hydrogen-bond acceptors (Lipinski definition) is 4. The van der Waals surface area contributed by atoms with Gasteiger partial charge in [0.25, 0.3) is 0 Å². The Morgan fingerprint density at radius 2 is 1.90 bits per heavy atom. The average molecular weight is 534 g/mol. The third kappa shape index (κ3) is 8.03. The van der Waals surface area contributed by atoms with Crippen LogP contribution < -0.4 is 10.6 Å². The van der Waals surface area contributed by atoms with E-state index in [2.05, 4.69) is 15.6 Å². The molecule has 0 spiro atoms. The van der Waals surface area contributed by atoms with Gasteiger partial charge in [0.05, 0.1) is 10.7 Å². The van der Waals surface area contributed by atoms with Crippen LogP contribution in [-0.2, 0) is 24.1 Å². The molecule has 1 aromatic heterocycles. The number of aromatic nitrogens is 1. The van der Waals surface area contributed by atoms with E-state index in [1.807, 2.05) is 11.3 Å². The zero-order valence-corrected chi connectivity index (χ0v) is 21.0. The molecule has 1 saturated carbocycles. The van der Waals surface area contributed by atoms with Crippen LogP contribution in [0.25, 0.3) is 0 Å². The quantitative estimate of drug-likeness (QED) is 0.321. The second kappa shape index (κ2) is 12.7. The zero-order valence-electron chi connectivity index (χ0n) is 17.8. The Kier molecular flexibility index (Phi) is 10.7. The minimum Gasteiger partial charge on any atom is -0.356 e. The number of amides is 1. The Morgan fingerprint density at radius 3 is 2.62 bits per heavy atom. The molecule has 0 aliphatic heterocycles. The number of rotatable bonds is 7. The van der Waals surface area contributed by atoms with E-state index in [-0.39, 0.29) is 36.4 Å². The maximum atomic E-state index is 11.9. The predicted molar refractivity (Wildman–Crippen MR) is 131 cm³/mol. The van der Waals surface area contributed by atoms with Crippen LogP contribution in [0.1, 0.15) is 60.5 Å². The Balaban J connectivity index is 0.00000300. The summed E-state index contributed by atoms with van der Waals surface area (Å²) in [5.74, 6) is 1.49. The fourth-order valence-corrected chi connectivity index (χ4v) is 5.05. The number of halogens is 1. The maximum Gasteiger partial charge on any atom is 0.243 e. The first kappa shape index (κ1) is 24.4. The summed E-state index contributed by atoms with van der Waals surface area (Å²) in [4.78, 5) is 24.3. The molecule has 1 amide bonds. The number of carbonyl (C=O) groups is 1. The van der Waals surface area contributed by atoms with Crippen molar-refractivity contribution in [1.82, 2.24) is 20.5 Å². The molecule has 8 heteroatoms. The van der Waals surface area contributed by atoms with Gasteiger partial charge in [-0.05, 0) is 44.4 Å². The molecule has 0 bridgehead atoms. The van der Waals surface area contributed by atoms with Gasteiger partial charge in [-0.1, -0.05) is 19.3 Å². The van der Waals surface area contributed by atoms with Gasteiger partial charge in [-0.2, -0.15) is 0 Å². The molecule has 0 saturated heterocycles. The lowest BCUT2D eigenvalue weighted by molar-refractivity contribution is -0.127. The van der Waals surface area contributed by atoms with E-state index in [0.717, 1.165) is 37.8 Å². The molecular weight excluding hydrogens is 497 g/mol. The van der Waals surface area contributed by atoms with Crippen LogP contribution in [0.4, 0.5) is 0 Å². The molecule has 2 N–H and O–H groups in total. The molecule has 29 heavy (non-hydrogen) atoms. The van der Waals surface area contributed by atoms with Gasteiger partial charge in [0, 0.05) is 38.5 Å². The lowest BCUT2D eigenvalue weighted by Gasteiger charge is -2.23. The summed E-state index contributed by atoms with van der Waals surface area (Å²) in [5, 5.41) is 8.11. The van der Waals surface area contributed by atoms with E-state index in [1.165, 1.54) is 66.9 Å². The minimum atomic E-state index is 0. The Morgan fingerprint density at radius 1 is 1.14 bits per heavy atom. The van der Waals surface area contributed by atoms with Crippen molar-refractivity contribution < 1.29 is 4.79 Å². The third-order valence-electron chi connectivity index (χ3n) is 5.68. The van der Waals surface area contributed by atoms with Gasteiger partial charge in [0.1, 0.15) is 6.54 Å². The summed E-state index contributed by atoms with van der Waals surface area (Å²) >= 11 is 1.87. The molecule has 0 radical (unpaired) electrons. The molecule has 2 aliphatic carbocycles.